The van der Waals surface area contributed by atoms with Crippen molar-refractivity contribution in [2.45, 2.75) is 13.8 Å². The Morgan fingerprint density at radius 3 is 2.60 bits per heavy atom. The van der Waals surface area contributed by atoms with Crippen molar-refractivity contribution in [1.29, 1.82) is 0 Å². The van der Waals surface area contributed by atoms with Crippen LogP contribution in [0, 0.1) is 18.6 Å². The lowest BCUT2D eigenvalue weighted by Gasteiger charge is -2.10. The summed E-state index contributed by atoms with van der Waals surface area (Å²) in [7, 11) is 1.68. The minimum absolute atomic E-state index is 0.707. The van der Waals surface area contributed by atoms with E-state index in [0.29, 0.717) is 4.77 Å². The number of rotatable bonds is 2. The SMILES string of the molecule is COc1ccc(-n2c(=S)[nH]c3ccc(C)cc32)c(C)c1. The van der Waals surface area contributed by atoms with Crippen molar-refractivity contribution in [2.75, 3.05) is 7.11 Å². The molecule has 1 N–H and O–H groups in total. The molecule has 0 spiro atoms. The number of H-pyrrole nitrogens is 1. The maximum absolute atomic E-state index is 5.48. The van der Waals surface area contributed by atoms with E-state index in [1.54, 1.807) is 7.11 Å². The van der Waals surface area contributed by atoms with Crippen molar-refractivity contribution < 1.29 is 4.74 Å². The first-order chi connectivity index (χ1) is 9.60. The fourth-order valence-electron chi connectivity index (χ4n) is 2.46. The van der Waals surface area contributed by atoms with Crippen molar-refractivity contribution in [2.24, 2.45) is 0 Å². The molecule has 1 heterocycles. The molecule has 102 valence electrons. The quantitative estimate of drug-likeness (QED) is 0.710. The molecule has 2 aromatic carbocycles. The number of methoxy groups -OCH3 is 1. The van der Waals surface area contributed by atoms with E-state index in [1.165, 1.54) is 5.56 Å². The first-order valence-corrected chi connectivity index (χ1v) is 6.87. The Hall–Kier alpha value is -2.07. The Bertz CT molecular complexity index is 845. The maximum atomic E-state index is 5.48. The second-order valence-corrected chi connectivity index (χ2v) is 5.33. The van der Waals surface area contributed by atoms with Gasteiger partial charge in [0.2, 0.25) is 0 Å². The van der Waals surface area contributed by atoms with Gasteiger partial charge in [0.15, 0.2) is 4.77 Å². The van der Waals surface area contributed by atoms with Gasteiger partial charge in [-0.1, -0.05) is 6.07 Å². The molecule has 3 aromatic rings. The van der Waals surface area contributed by atoms with Crippen LogP contribution in [0.15, 0.2) is 36.4 Å². The van der Waals surface area contributed by atoms with Crippen molar-refractivity contribution in [1.82, 2.24) is 9.55 Å². The van der Waals surface area contributed by atoms with E-state index < -0.39 is 0 Å². The molecule has 3 rings (SSSR count). The maximum Gasteiger partial charge on any atom is 0.182 e. The predicted molar refractivity (Wildman–Crippen MR) is 84.5 cm³/mol. The molecule has 4 heteroatoms. The molecule has 0 atom stereocenters. The fraction of sp³-hybridized carbons (Fsp3) is 0.188. The van der Waals surface area contributed by atoms with Crippen LogP contribution in [0.5, 0.6) is 5.75 Å². The third-order valence-corrected chi connectivity index (χ3v) is 3.77. The molecule has 0 aliphatic heterocycles. The van der Waals surface area contributed by atoms with Gasteiger partial charge in [0.25, 0.3) is 0 Å². The first kappa shape index (κ1) is 12.9. The molecule has 0 aliphatic rings. The molecular formula is C16H16N2OS. The Kier molecular flexibility index (Phi) is 3.10. The Balaban J connectivity index is 2.31. The molecule has 0 amide bonds. The number of hydrogen-bond acceptors (Lipinski definition) is 2. The summed E-state index contributed by atoms with van der Waals surface area (Å²) in [6, 6.07) is 12.3. The molecule has 0 radical (unpaired) electrons. The third-order valence-electron chi connectivity index (χ3n) is 3.48. The number of fused-ring (bicyclic) bond motifs is 1. The Morgan fingerprint density at radius 1 is 1.10 bits per heavy atom. The highest BCUT2D eigenvalue weighted by molar-refractivity contribution is 7.71. The highest BCUT2D eigenvalue weighted by atomic mass is 32.1. The average Bonchev–Trinajstić information content (AvgIpc) is 2.74. The zero-order chi connectivity index (χ0) is 14.3. The van der Waals surface area contributed by atoms with Gasteiger partial charge in [-0.2, -0.15) is 0 Å². The van der Waals surface area contributed by atoms with Gasteiger partial charge in [-0.3, -0.25) is 4.57 Å². The van der Waals surface area contributed by atoms with E-state index >= 15 is 0 Å². The zero-order valence-corrected chi connectivity index (χ0v) is 12.5. The van der Waals surface area contributed by atoms with Crippen LogP contribution in [0.3, 0.4) is 0 Å². The van der Waals surface area contributed by atoms with Crippen molar-refractivity contribution in [3.63, 3.8) is 0 Å². The number of aryl methyl sites for hydroxylation is 2. The van der Waals surface area contributed by atoms with Crippen LogP contribution in [0.4, 0.5) is 0 Å². The van der Waals surface area contributed by atoms with Gasteiger partial charge in [-0.25, -0.2) is 0 Å². The molecule has 0 bridgehead atoms. The predicted octanol–water partition coefficient (Wildman–Crippen LogP) is 4.31. The van der Waals surface area contributed by atoms with E-state index in [0.717, 1.165) is 28.0 Å². The summed E-state index contributed by atoms with van der Waals surface area (Å²) in [4.78, 5) is 3.26. The van der Waals surface area contributed by atoms with Gasteiger partial charge in [0.05, 0.1) is 23.8 Å². The normalized spacial score (nSPS) is 10.9. The molecule has 3 nitrogen and oxygen atoms in total. The van der Waals surface area contributed by atoms with Crippen LogP contribution < -0.4 is 4.74 Å². The number of imidazole rings is 1. The molecule has 0 aliphatic carbocycles. The minimum Gasteiger partial charge on any atom is -0.497 e. The van der Waals surface area contributed by atoms with Crippen LogP contribution in [0.25, 0.3) is 16.7 Å². The van der Waals surface area contributed by atoms with Crippen LogP contribution in [-0.2, 0) is 0 Å². The largest absolute Gasteiger partial charge is 0.497 e. The minimum atomic E-state index is 0.707. The number of benzene rings is 2. The molecule has 0 fully saturated rings. The summed E-state index contributed by atoms with van der Waals surface area (Å²) >= 11 is 5.48. The van der Waals surface area contributed by atoms with Crippen LogP contribution >= 0.6 is 12.2 Å². The van der Waals surface area contributed by atoms with Crippen molar-refractivity contribution in [3.8, 4) is 11.4 Å². The van der Waals surface area contributed by atoms with Crippen molar-refractivity contribution >= 4 is 23.3 Å². The first-order valence-electron chi connectivity index (χ1n) is 6.46. The van der Waals surface area contributed by atoms with Gasteiger partial charge in [0.1, 0.15) is 5.75 Å². The molecular weight excluding hydrogens is 268 g/mol. The summed E-state index contributed by atoms with van der Waals surface area (Å²) in [5.41, 5.74) is 5.57. The Labute approximate surface area is 122 Å². The van der Waals surface area contributed by atoms with E-state index in [2.05, 4.69) is 41.6 Å². The van der Waals surface area contributed by atoms with Gasteiger partial charge in [-0.05, 0) is 67.5 Å². The molecule has 0 saturated carbocycles. The standard InChI is InChI=1S/C16H16N2OS/c1-10-4-6-13-15(8-10)18(16(20)17-13)14-7-5-12(19-3)9-11(14)2/h4-9H,1-3H3,(H,17,20). The van der Waals surface area contributed by atoms with Gasteiger partial charge < -0.3 is 9.72 Å². The number of hydrogen-bond donors (Lipinski definition) is 1. The van der Waals surface area contributed by atoms with E-state index in [9.17, 15) is 0 Å². The summed E-state index contributed by atoms with van der Waals surface area (Å²) in [6.07, 6.45) is 0. The zero-order valence-electron chi connectivity index (χ0n) is 11.7. The lowest BCUT2D eigenvalue weighted by Crippen LogP contribution is -1.98. The molecule has 0 saturated heterocycles. The molecule has 0 unspecified atom stereocenters. The number of nitrogens with one attached hydrogen (secondary N) is 1. The molecule has 1 aromatic heterocycles. The smallest absolute Gasteiger partial charge is 0.182 e. The second kappa shape index (κ2) is 4.80. The number of aromatic nitrogens is 2. The van der Waals surface area contributed by atoms with Gasteiger partial charge >= 0.3 is 0 Å². The third kappa shape index (κ3) is 2.02. The fourth-order valence-corrected chi connectivity index (χ4v) is 2.76. The number of nitrogens with zero attached hydrogens (tertiary/aromatic N) is 1. The second-order valence-electron chi connectivity index (χ2n) is 4.94. The number of aromatic amines is 1. The monoisotopic (exact) mass is 284 g/mol. The van der Waals surface area contributed by atoms with Crippen molar-refractivity contribution in [3.05, 3.63) is 52.3 Å². The highest BCUT2D eigenvalue weighted by Gasteiger charge is 2.09. The number of ether oxygens (including phenoxy) is 1. The Morgan fingerprint density at radius 2 is 1.90 bits per heavy atom. The van der Waals surface area contributed by atoms with Gasteiger partial charge in [0, 0.05) is 0 Å². The van der Waals surface area contributed by atoms with Crippen LogP contribution in [0.2, 0.25) is 0 Å². The van der Waals surface area contributed by atoms with E-state index in [4.69, 9.17) is 17.0 Å². The average molecular weight is 284 g/mol. The summed E-state index contributed by atoms with van der Waals surface area (Å²) < 4.78 is 8.04. The topological polar surface area (TPSA) is 29.9 Å². The summed E-state index contributed by atoms with van der Waals surface area (Å²) in [6.45, 7) is 4.15. The summed E-state index contributed by atoms with van der Waals surface area (Å²) in [5, 5.41) is 0. The lowest BCUT2D eigenvalue weighted by molar-refractivity contribution is 0.414. The highest BCUT2D eigenvalue weighted by Crippen LogP contribution is 2.25. The van der Waals surface area contributed by atoms with Crippen LogP contribution in [-0.4, -0.2) is 16.7 Å². The molecule has 20 heavy (non-hydrogen) atoms. The van der Waals surface area contributed by atoms with E-state index in [1.807, 2.05) is 18.2 Å². The summed E-state index contributed by atoms with van der Waals surface area (Å²) in [5.74, 6) is 0.855. The van der Waals surface area contributed by atoms with Crippen LogP contribution in [0.1, 0.15) is 11.1 Å². The van der Waals surface area contributed by atoms with E-state index in [-0.39, 0.29) is 0 Å². The lowest BCUT2D eigenvalue weighted by atomic mass is 10.1. The van der Waals surface area contributed by atoms with Gasteiger partial charge in [-0.15, -0.1) is 0 Å².